The second kappa shape index (κ2) is 9.76. The number of aliphatic hydroxyl groups is 1. The Balaban J connectivity index is 1.39. The molecule has 10 nitrogen and oxygen atoms in total. The lowest BCUT2D eigenvalue weighted by molar-refractivity contribution is -0.138. The van der Waals surface area contributed by atoms with E-state index < -0.39 is 40.1 Å². The molecule has 0 atom stereocenters. The molecule has 2 amide bonds. The molecule has 0 saturated heterocycles. The van der Waals surface area contributed by atoms with Gasteiger partial charge in [-0.25, -0.2) is 15.0 Å². The predicted molar refractivity (Wildman–Crippen MR) is 152 cm³/mol. The zero-order chi connectivity index (χ0) is 30.8. The molecule has 13 heteroatoms. The Labute approximate surface area is 244 Å². The molecule has 224 valence electrons. The van der Waals surface area contributed by atoms with Gasteiger partial charge in [0.25, 0.3) is 11.8 Å². The van der Waals surface area contributed by atoms with Crippen LogP contribution in [0.15, 0.2) is 55.0 Å². The van der Waals surface area contributed by atoms with Crippen LogP contribution in [0.5, 0.6) is 0 Å². The average Bonchev–Trinajstić information content (AvgIpc) is 3.63. The number of alkyl halides is 3. The van der Waals surface area contributed by atoms with Crippen LogP contribution in [0.4, 0.5) is 24.8 Å². The molecule has 6 rings (SSSR count). The number of rotatable bonds is 6. The Morgan fingerprint density at radius 3 is 2.47 bits per heavy atom. The van der Waals surface area contributed by atoms with Crippen LogP contribution in [0, 0.1) is 0 Å². The van der Waals surface area contributed by atoms with E-state index in [1.165, 1.54) is 13.8 Å². The van der Waals surface area contributed by atoms with Gasteiger partial charge in [-0.2, -0.15) is 13.2 Å². The molecule has 0 spiro atoms. The van der Waals surface area contributed by atoms with E-state index in [1.54, 1.807) is 36.7 Å². The highest BCUT2D eigenvalue weighted by Crippen LogP contribution is 2.58. The lowest BCUT2D eigenvalue weighted by Crippen LogP contribution is -2.52. The van der Waals surface area contributed by atoms with E-state index in [-0.39, 0.29) is 17.2 Å². The molecule has 2 saturated carbocycles. The van der Waals surface area contributed by atoms with E-state index in [2.05, 4.69) is 20.6 Å². The average molecular weight is 594 g/mol. The summed E-state index contributed by atoms with van der Waals surface area (Å²) in [6.07, 6.45) is 3.24. The molecule has 0 radical (unpaired) electrons. The summed E-state index contributed by atoms with van der Waals surface area (Å²) in [5.74, 6) is -0.423. The fourth-order valence-corrected chi connectivity index (χ4v) is 6.45. The summed E-state index contributed by atoms with van der Waals surface area (Å²) in [5, 5.41) is 15.8. The fourth-order valence-electron chi connectivity index (χ4n) is 6.45. The monoisotopic (exact) mass is 593 g/mol. The number of carbonyl (C=O) groups excluding carboxylic acids is 2. The topological polar surface area (TPSA) is 148 Å². The normalized spacial score (nSPS) is 21.7. The molecular formula is C30H30F3N7O3. The van der Waals surface area contributed by atoms with Gasteiger partial charge in [0, 0.05) is 40.7 Å². The third kappa shape index (κ3) is 4.97. The number of carbonyl (C=O) groups is 2. The van der Waals surface area contributed by atoms with E-state index in [1.807, 2.05) is 4.40 Å². The van der Waals surface area contributed by atoms with Crippen molar-refractivity contribution >= 4 is 29.0 Å². The number of imidazole rings is 1. The summed E-state index contributed by atoms with van der Waals surface area (Å²) >= 11 is 0. The zero-order valence-corrected chi connectivity index (χ0v) is 23.5. The van der Waals surface area contributed by atoms with E-state index in [9.17, 15) is 27.9 Å². The number of nitrogens with two attached hydrogens (primary N) is 1. The number of fused-ring (bicyclic) bond motifs is 3. The van der Waals surface area contributed by atoms with Gasteiger partial charge in [0.05, 0.1) is 5.56 Å². The second-order valence-electron chi connectivity index (χ2n) is 12.0. The van der Waals surface area contributed by atoms with Gasteiger partial charge in [0.15, 0.2) is 0 Å². The number of halogens is 3. The standard InChI is InChI=1S/C30H30F3N7O3/c1-27(2,43)26(42)39-29-10-8-28(16-29,9-11-29)25-38-21(22-23(34)36-13-14-40(22)25)18-5-3-4-6-19(18)24(41)37-20-15-17(7-12-35-20)30(31,32)33/h3-7,12-15,43H,8-11,16H2,1-2H3,(H2,34,36)(H,39,42)(H,35,37,41). The highest BCUT2D eigenvalue weighted by atomic mass is 19.4. The Morgan fingerprint density at radius 1 is 1.05 bits per heavy atom. The third-order valence-corrected chi connectivity index (χ3v) is 8.59. The summed E-state index contributed by atoms with van der Waals surface area (Å²) in [6.45, 7) is 2.91. The SMILES string of the molecule is CC(C)(O)C(=O)NC12CCC(c3nc(-c4ccccc4C(=O)Nc4cc(C(F)(F)F)ccn4)c4c(N)nccn34)(CC1)C2. The van der Waals surface area contributed by atoms with Crippen LogP contribution in [0.3, 0.4) is 0 Å². The van der Waals surface area contributed by atoms with Gasteiger partial charge in [-0.1, -0.05) is 18.2 Å². The van der Waals surface area contributed by atoms with Crippen LogP contribution in [-0.2, 0) is 16.4 Å². The van der Waals surface area contributed by atoms with Gasteiger partial charge in [-0.15, -0.1) is 0 Å². The summed E-state index contributed by atoms with van der Waals surface area (Å²) in [6, 6.07) is 8.22. The smallest absolute Gasteiger partial charge is 0.382 e. The molecule has 4 aromatic rings. The van der Waals surface area contributed by atoms with Crippen molar-refractivity contribution in [3.8, 4) is 11.3 Å². The number of hydrogen-bond acceptors (Lipinski definition) is 7. The minimum atomic E-state index is -4.59. The van der Waals surface area contributed by atoms with E-state index in [0.29, 0.717) is 36.0 Å². The lowest BCUT2D eigenvalue weighted by Gasteiger charge is -2.31. The number of nitrogens with zero attached hydrogens (tertiary/aromatic N) is 4. The van der Waals surface area contributed by atoms with Crippen molar-refractivity contribution in [2.45, 2.75) is 68.7 Å². The van der Waals surface area contributed by atoms with Crippen molar-refractivity contribution in [3.63, 3.8) is 0 Å². The molecule has 2 fully saturated rings. The Bertz CT molecular complexity index is 1750. The molecule has 5 N–H and O–H groups in total. The summed E-state index contributed by atoms with van der Waals surface area (Å²) in [4.78, 5) is 39.3. The first-order chi connectivity index (χ1) is 20.2. The predicted octanol–water partition coefficient (Wildman–Crippen LogP) is 4.49. The van der Waals surface area contributed by atoms with Gasteiger partial charge in [0.2, 0.25) is 0 Å². The molecule has 43 heavy (non-hydrogen) atoms. The van der Waals surface area contributed by atoms with E-state index in [4.69, 9.17) is 10.7 Å². The van der Waals surface area contributed by atoms with Crippen molar-refractivity contribution < 1.29 is 27.9 Å². The number of nitrogen functional groups attached to an aromatic ring is 1. The molecule has 0 aliphatic heterocycles. The largest absolute Gasteiger partial charge is 0.416 e. The van der Waals surface area contributed by atoms with Crippen LogP contribution in [-0.4, -0.2) is 47.4 Å². The molecule has 0 unspecified atom stereocenters. The second-order valence-corrected chi connectivity index (χ2v) is 12.0. The van der Waals surface area contributed by atoms with Crippen LogP contribution in [0.25, 0.3) is 16.8 Å². The van der Waals surface area contributed by atoms with E-state index >= 15 is 0 Å². The van der Waals surface area contributed by atoms with Gasteiger partial charge in [0.1, 0.15) is 34.3 Å². The first-order valence-corrected chi connectivity index (χ1v) is 13.8. The highest BCUT2D eigenvalue weighted by Gasteiger charge is 2.58. The zero-order valence-electron chi connectivity index (χ0n) is 23.5. The maximum Gasteiger partial charge on any atom is 0.416 e. The minimum absolute atomic E-state index is 0.165. The Kier molecular flexibility index (Phi) is 6.49. The highest BCUT2D eigenvalue weighted by molar-refractivity contribution is 6.09. The lowest BCUT2D eigenvalue weighted by atomic mass is 9.83. The first-order valence-electron chi connectivity index (χ1n) is 13.8. The van der Waals surface area contributed by atoms with Crippen molar-refractivity contribution in [1.82, 2.24) is 24.7 Å². The Morgan fingerprint density at radius 2 is 1.77 bits per heavy atom. The molecule has 2 aliphatic rings. The summed E-state index contributed by atoms with van der Waals surface area (Å²) in [5.41, 5.74) is 4.54. The quantitative estimate of drug-likeness (QED) is 0.258. The molecular weight excluding hydrogens is 563 g/mol. The van der Waals surface area contributed by atoms with Gasteiger partial charge < -0.3 is 21.5 Å². The fraction of sp³-hybridized carbons (Fsp3) is 0.367. The number of amides is 2. The number of anilines is 2. The molecule has 2 aliphatic carbocycles. The van der Waals surface area contributed by atoms with Crippen molar-refractivity contribution in [1.29, 1.82) is 0 Å². The number of benzene rings is 1. The van der Waals surface area contributed by atoms with Crippen LogP contribution < -0.4 is 16.4 Å². The molecule has 3 aromatic heterocycles. The molecule has 3 heterocycles. The maximum atomic E-state index is 13.4. The summed E-state index contributed by atoms with van der Waals surface area (Å²) < 4.78 is 41.6. The van der Waals surface area contributed by atoms with E-state index in [0.717, 1.165) is 37.0 Å². The maximum absolute atomic E-state index is 13.4. The van der Waals surface area contributed by atoms with Crippen LogP contribution >= 0.6 is 0 Å². The van der Waals surface area contributed by atoms with Gasteiger partial charge >= 0.3 is 6.18 Å². The van der Waals surface area contributed by atoms with Gasteiger partial charge in [-0.3, -0.25) is 14.0 Å². The molecule has 1 aromatic carbocycles. The van der Waals surface area contributed by atoms with Crippen LogP contribution in [0.2, 0.25) is 0 Å². The number of pyridine rings is 1. The molecule has 2 bridgehead atoms. The summed E-state index contributed by atoms with van der Waals surface area (Å²) in [7, 11) is 0. The van der Waals surface area contributed by atoms with Gasteiger partial charge in [-0.05, 0) is 64.2 Å². The third-order valence-electron chi connectivity index (χ3n) is 8.59. The van der Waals surface area contributed by atoms with Crippen molar-refractivity contribution in [2.24, 2.45) is 0 Å². The number of hydrogen-bond donors (Lipinski definition) is 4. The number of nitrogens with one attached hydrogen (secondary N) is 2. The van der Waals surface area contributed by atoms with Crippen LogP contribution in [0.1, 0.15) is 67.7 Å². The Hall–Kier alpha value is -4.52. The van der Waals surface area contributed by atoms with Crippen molar-refractivity contribution in [3.05, 3.63) is 71.9 Å². The minimum Gasteiger partial charge on any atom is -0.382 e. The number of aromatic nitrogens is 4. The van der Waals surface area contributed by atoms with Crippen molar-refractivity contribution in [2.75, 3.05) is 11.1 Å². The first kappa shape index (κ1) is 28.6.